The molecule has 6 nitrogen and oxygen atoms in total. The van der Waals surface area contributed by atoms with E-state index in [9.17, 15) is 0 Å². The summed E-state index contributed by atoms with van der Waals surface area (Å²) in [5.41, 5.74) is 0. The van der Waals surface area contributed by atoms with E-state index in [-0.39, 0.29) is 0 Å². The first-order valence-corrected chi connectivity index (χ1v) is 10.2. The van der Waals surface area contributed by atoms with Crippen molar-refractivity contribution in [1.82, 2.24) is 0 Å². The molecule has 0 saturated carbocycles. The van der Waals surface area contributed by atoms with Crippen molar-refractivity contribution in [2.75, 3.05) is 0 Å². The van der Waals surface area contributed by atoms with Crippen LogP contribution in [0.2, 0.25) is 0 Å². The van der Waals surface area contributed by atoms with Gasteiger partial charge in [0.05, 0.1) is 0 Å². The molecule has 0 aromatic heterocycles. The maximum absolute atomic E-state index is 8.56. The smallest absolute Gasteiger partial charge is 0.450 e. The lowest BCUT2D eigenvalue weighted by Crippen LogP contribution is -1.81. The Morgan fingerprint density at radius 2 is 0.704 bits per heavy atom. The van der Waals surface area contributed by atoms with Crippen LogP contribution in [0.1, 0.15) is 114 Å². The summed E-state index contributed by atoms with van der Waals surface area (Å²) >= 11 is 0. The SMILES string of the molecule is CCC.CCCC.CCCC(C)C.CCCC(C)C.O=C(O)O.O=C(O)O. The Balaban J connectivity index is -0.0000000499. The minimum atomic E-state index is -1.83. The van der Waals surface area contributed by atoms with Crippen molar-refractivity contribution in [3.63, 3.8) is 0 Å². The Labute approximate surface area is 169 Å². The molecule has 0 saturated heterocycles. The van der Waals surface area contributed by atoms with E-state index in [1.165, 1.54) is 44.9 Å². The van der Waals surface area contributed by atoms with Gasteiger partial charge in [-0.05, 0) is 11.8 Å². The monoisotopic (exact) mass is 398 g/mol. The van der Waals surface area contributed by atoms with Gasteiger partial charge >= 0.3 is 12.3 Å². The first kappa shape index (κ1) is 40.3. The molecule has 6 heteroatoms. The van der Waals surface area contributed by atoms with Crippen LogP contribution < -0.4 is 0 Å². The predicted molar refractivity (Wildman–Crippen MR) is 117 cm³/mol. The van der Waals surface area contributed by atoms with Crippen LogP contribution in [0.3, 0.4) is 0 Å². The second-order valence-corrected chi connectivity index (χ2v) is 6.64. The van der Waals surface area contributed by atoms with Gasteiger partial charge < -0.3 is 20.4 Å². The highest BCUT2D eigenvalue weighted by molar-refractivity contribution is 5.53. The fourth-order valence-electron chi connectivity index (χ4n) is 1.15. The van der Waals surface area contributed by atoms with Gasteiger partial charge in [0.15, 0.2) is 0 Å². The molecule has 0 aliphatic carbocycles. The van der Waals surface area contributed by atoms with E-state index in [4.69, 9.17) is 30.0 Å². The fourth-order valence-corrected chi connectivity index (χ4v) is 1.15. The Hall–Kier alpha value is -1.46. The number of carboxylic acid groups (broad SMARTS) is 4. The predicted octanol–water partition coefficient (Wildman–Crippen LogP) is 8.55. The van der Waals surface area contributed by atoms with Gasteiger partial charge in [-0.25, -0.2) is 9.59 Å². The topological polar surface area (TPSA) is 115 Å². The van der Waals surface area contributed by atoms with Gasteiger partial charge in [0.2, 0.25) is 0 Å². The second-order valence-electron chi connectivity index (χ2n) is 6.64. The molecule has 0 aliphatic heterocycles. The number of hydrogen-bond acceptors (Lipinski definition) is 2. The van der Waals surface area contributed by atoms with Gasteiger partial charge in [-0.15, -0.1) is 0 Å². The zero-order valence-corrected chi connectivity index (χ0v) is 19.7. The summed E-state index contributed by atoms with van der Waals surface area (Å²) in [7, 11) is 0. The van der Waals surface area contributed by atoms with Gasteiger partial charge in [0.1, 0.15) is 0 Å². The summed E-state index contributed by atoms with van der Waals surface area (Å²) < 4.78 is 0. The van der Waals surface area contributed by atoms with Crippen molar-refractivity contribution in [2.24, 2.45) is 11.8 Å². The van der Waals surface area contributed by atoms with Crippen molar-refractivity contribution >= 4 is 12.3 Å². The van der Waals surface area contributed by atoms with Crippen LogP contribution >= 0.6 is 0 Å². The summed E-state index contributed by atoms with van der Waals surface area (Å²) in [6.45, 7) is 22.1. The van der Waals surface area contributed by atoms with Crippen molar-refractivity contribution in [3.8, 4) is 0 Å². The molecule has 0 aromatic rings. The second kappa shape index (κ2) is 44.2. The van der Waals surface area contributed by atoms with Gasteiger partial charge in [-0.1, -0.05) is 114 Å². The normalized spacial score (nSPS) is 8.00. The number of carbonyl (C=O) groups is 2. The van der Waals surface area contributed by atoms with Gasteiger partial charge in [-0.3, -0.25) is 0 Å². The molecular weight excluding hydrogens is 348 g/mol. The minimum absolute atomic E-state index is 0.898. The summed E-state index contributed by atoms with van der Waals surface area (Å²) in [5.74, 6) is 1.80. The van der Waals surface area contributed by atoms with E-state index in [2.05, 4.69) is 69.2 Å². The lowest BCUT2D eigenvalue weighted by Gasteiger charge is -1.95. The van der Waals surface area contributed by atoms with E-state index in [1.54, 1.807) is 0 Å². The average Bonchev–Trinajstić information content (AvgIpc) is 2.47. The molecule has 0 spiro atoms. The third-order valence-electron chi connectivity index (χ3n) is 2.23. The van der Waals surface area contributed by atoms with E-state index < -0.39 is 12.3 Å². The molecule has 0 atom stereocenters. The molecule has 27 heavy (non-hydrogen) atoms. The molecule has 0 aliphatic rings. The van der Waals surface area contributed by atoms with Crippen molar-refractivity contribution in [1.29, 1.82) is 0 Å². The maximum atomic E-state index is 8.56. The summed E-state index contributed by atoms with van der Waals surface area (Å²) in [5, 5.41) is 27.9. The standard InChI is InChI=1S/2C6H14.C4H10.C3H8.2CH2O3/c2*1-4-5-6(2)3;1-3-4-2;1-3-2;2*2-1(3)4/h2*6H,4-5H2,1-3H3;3-4H2,1-2H3;3H2,1-2H3;2*(H2,2,3,4). The van der Waals surface area contributed by atoms with E-state index in [0.29, 0.717) is 0 Å². The Kier molecular flexibility index (Phi) is 65.9. The lowest BCUT2D eigenvalue weighted by atomic mass is 10.1. The maximum Gasteiger partial charge on any atom is 0.503 e. The van der Waals surface area contributed by atoms with E-state index in [0.717, 1.165) is 11.8 Å². The number of rotatable bonds is 5. The minimum Gasteiger partial charge on any atom is -0.450 e. The molecule has 0 unspecified atom stereocenters. The highest BCUT2D eigenvalue weighted by Crippen LogP contribution is 2.00. The van der Waals surface area contributed by atoms with Gasteiger partial charge in [-0.2, -0.15) is 0 Å². The lowest BCUT2D eigenvalue weighted by molar-refractivity contribution is 0.135. The molecular formula is C21H50O6. The summed E-state index contributed by atoms with van der Waals surface area (Å²) in [6.07, 6.45) is 5.63. The number of hydrogen-bond donors (Lipinski definition) is 4. The molecule has 0 radical (unpaired) electrons. The van der Waals surface area contributed by atoms with Crippen LogP contribution in [-0.2, 0) is 0 Å². The quantitative estimate of drug-likeness (QED) is 0.368. The van der Waals surface area contributed by atoms with Gasteiger partial charge in [0, 0.05) is 0 Å². The highest BCUT2D eigenvalue weighted by Gasteiger charge is 1.86. The Bertz CT molecular complexity index is 209. The van der Waals surface area contributed by atoms with Crippen LogP contribution in [0.5, 0.6) is 0 Å². The van der Waals surface area contributed by atoms with E-state index in [1.807, 2.05) is 0 Å². The number of unbranched alkanes of at least 4 members (excludes halogenated alkanes) is 1. The van der Waals surface area contributed by atoms with Crippen LogP contribution in [0.15, 0.2) is 0 Å². The van der Waals surface area contributed by atoms with Crippen molar-refractivity contribution in [2.45, 2.75) is 114 Å². The molecule has 0 bridgehead atoms. The third-order valence-corrected chi connectivity index (χ3v) is 2.23. The summed E-state index contributed by atoms with van der Waals surface area (Å²) in [6, 6.07) is 0. The zero-order valence-electron chi connectivity index (χ0n) is 19.7. The van der Waals surface area contributed by atoms with Crippen LogP contribution in [0.4, 0.5) is 9.59 Å². The first-order valence-electron chi connectivity index (χ1n) is 10.2. The Morgan fingerprint density at radius 1 is 0.556 bits per heavy atom. The molecule has 0 rings (SSSR count). The Morgan fingerprint density at radius 3 is 0.704 bits per heavy atom. The highest BCUT2D eigenvalue weighted by atomic mass is 16.6. The zero-order chi connectivity index (χ0) is 23.3. The molecule has 4 N–H and O–H groups in total. The van der Waals surface area contributed by atoms with Crippen molar-refractivity contribution < 1.29 is 30.0 Å². The van der Waals surface area contributed by atoms with Crippen LogP contribution in [0, 0.1) is 11.8 Å². The fraction of sp³-hybridized carbons (Fsp3) is 0.905. The van der Waals surface area contributed by atoms with Gasteiger partial charge in [0.25, 0.3) is 0 Å². The average molecular weight is 399 g/mol. The molecule has 0 heterocycles. The summed E-state index contributed by atoms with van der Waals surface area (Å²) in [4.78, 5) is 17.1. The molecule has 0 fully saturated rings. The third kappa shape index (κ3) is 406. The van der Waals surface area contributed by atoms with E-state index >= 15 is 0 Å². The first-order chi connectivity index (χ1) is 12.3. The van der Waals surface area contributed by atoms with Crippen molar-refractivity contribution in [3.05, 3.63) is 0 Å². The van der Waals surface area contributed by atoms with Crippen LogP contribution in [-0.4, -0.2) is 32.7 Å². The largest absolute Gasteiger partial charge is 0.503 e. The molecule has 0 amide bonds. The van der Waals surface area contributed by atoms with Crippen LogP contribution in [0.25, 0.3) is 0 Å². The molecule has 170 valence electrons. The molecule has 0 aromatic carbocycles.